The van der Waals surface area contributed by atoms with Gasteiger partial charge in [-0.25, -0.2) is 4.39 Å². The van der Waals surface area contributed by atoms with Gasteiger partial charge in [0, 0.05) is 6.54 Å². The van der Waals surface area contributed by atoms with E-state index < -0.39 is 0 Å². The molecule has 4 rings (SSSR count). The van der Waals surface area contributed by atoms with Gasteiger partial charge in [0.1, 0.15) is 5.82 Å². The van der Waals surface area contributed by atoms with Gasteiger partial charge in [0.15, 0.2) is 17.3 Å². The number of hydrogen-bond acceptors (Lipinski definition) is 5. The van der Waals surface area contributed by atoms with Crippen LogP contribution in [-0.2, 0) is 0 Å². The molecule has 1 aliphatic rings. The van der Waals surface area contributed by atoms with Gasteiger partial charge >= 0.3 is 0 Å². The third-order valence-corrected chi connectivity index (χ3v) is 5.44. The van der Waals surface area contributed by atoms with Gasteiger partial charge in [0.05, 0.1) is 20.5 Å². The molecule has 0 saturated carbocycles. The number of rotatable bonds is 6. The first-order valence-electron chi connectivity index (χ1n) is 9.91. The average Bonchev–Trinajstić information content (AvgIpc) is 3.41. The van der Waals surface area contributed by atoms with E-state index in [1.165, 1.54) is 32.6 Å². The van der Waals surface area contributed by atoms with Crippen molar-refractivity contribution in [1.29, 1.82) is 0 Å². The maximum atomic E-state index is 14.1. The number of nitrogens with one attached hydrogen (secondary N) is 1. The number of phenols is 1. The van der Waals surface area contributed by atoms with Crippen LogP contribution in [-0.4, -0.2) is 31.8 Å². The summed E-state index contributed by atoms with van der Waals surface area (Å²) in [7, 11) is 2.92. The second kappa shape index (κ2) is 8.63. The Kier molecular flexibility index (Phi) is 5.73. The van der Waals surface area contributed by atoms with Crippen LogP contribution in [0.25, 0.3) is 17.2 Å². The van der Waals surface area contributed by atoms with Crippen molar-refractivity contribution >= 4 is 23.1 Å². The van der Waals surface area contributed by atoms with Gasteiger partial charge in [-0.1, -0.05) is 6.07 Å². The monoisotopic (exact) mass is 435 g/mol. The third kappa shape index (κ3) is 3.85. The van der Waals surface area contributed by atoms with Crippen LogP contribution in [0.4, 0.5) is 4.39 Å². The van der Waals surface area contributed by atoms with Crippen LogP contribution in [0, 0.1) is 5.82 Å². The Bertz CT molecular complexity index is 1220. The highest BCUT2D eigenvalue weighted by Crippen LogP contribution is 2.44. The lowest BCUT2D eigenvalue weighted by molar-refractivity contribution is 0.0931. The number of halogens is 1. The van der Waals surface area contributed by atoms with E-state index in [4.69, 9.17) is 13.9 Å². The van der Waals surface area contributed by atoms with E-state index in [-0.39, 0.29) is 41.3 Å². The van der Waals surface area contributed by atoms with Crippen LogP contribution < -0.4 is 14.8 Å². The van der Waals surface area contributed by atoms with Crippen molar-refractivity contribution in [1.82, 2.24) is 5.32 Å². The first kappa shape index (κ1) is 21.2. The zero-order valence-electron chi connectivity index (χ0n) is 17.9. The van der Waals surface area contributed by atoms with E-state index in [0.717, 1.165) is 27.8 Å². The maximum absolute atomic E-state index is 14.1. The molecule has 1 amide bonds. The van der Waals surface area contributed by atoms with E-state index in [1.807, 2.05) is 13.0 Å². The van der Waals surface area contributed by atoms with Gasteiger partial charge in [-0.3, -0.25) is 4.79 Å². The number of carbonyl (C=O) groups excluding carboxylic acids is 1. The number of allylic oxidation sites excluding steroid dienone is 2. The van der Waals surface area contributed by atoms with Gasteiger partial charge < -0.3 is 24.3 Å². The number of phenolic OH excluding ortho intramolecular Hbond substituents is 1. The number of benzene rings is 2. The minimum Gasteiger partial charge on any atom is -0.502 e. The minimum atomic E-state index is -0.361. The lowest BCUT2D eigenvalue weighted by atomic mass is 10.00. The summed E-state index contributed by atoms with van der Waals surface area (Å²) < 4.78 is 29.7. The summed E-state index contributed by atoms with van der Waals surface area (Å²) in [6, 6.07) is 11.2. The Hall–Kier alpha value is -4.00. The second-order valence-corrected chi connectivity index (χ2v) is 7.29. The van der Waals surface area contributed by atoms with E-state index >= 15 is 0 Å². The van der Waals surface area contributed by atoms with Crippen molar-refractivity contribution in [2.45, 2.75) is 6.92 Å². The zero-order valence-corrected chi connectivity index (χ0v) is 17.9. The van der Waals surface area contributed by atoms with Crippen molar-refractivity contribution in [2.75, 3.05) is 20.8 Å². The van der Waals surface area contributed by atoms with Gasteiger partial charge in [-0.15, -0.1) is 0 Å². The van der Waals surface area contributed by atoms with Crippen LogP contribution in [0.3, 0.4) is 0 Å². The summed E-state index contributed by atoms with van der Waals surface area (Å²) in [5.74, 6) is -0.0269. The average molecular weight is 435 g/mol. The normalized spacial score (nSPS) is 13.9. The number of hydrogen-bond donors (Lipinski definition) is 2. The molecule has 1 aliphatic carbocycles. The molecular weight excluding hydrogens is 413 g/mol. The molecule has 3 aromatic rings. The highest BCUT2D eigenvalue weighted by atomic mass is 19.1. The summed E-state index contributed by atoms with van der Waals surface area (Å²) in [5, 5.41) is 13.0. The molecule has 0 saturated heterocycles. The lowest BCUT2D eigenvalue weighted by Gasteiger charge is -2.11. The van der Waals surface area contributed by atoms with Crippen LogP contribution >= 0.6 is 0 Å². The number of fused-ring (bicyclic) bond motifs is 1. The van der Waals surface area contributed by atoms with Crippen LogP contribution in [0.5, 0.6) is 17.2 Å². The molecule has 32 heavy (non-hydrogen) atoms. The summed E-state index contributed by atoms with van der Waals surface area (Å²) in [5.41, 5.74) is 4.88. The van der Waals surface area contributed by atoms with Gasteiger partial charge in [0.25, 0.3) is 5.91 Å². The van der Waals surface area contributed by atoms with Gasteiger partial charge in [-0.05, 0) is 82.8 Å². The lowest BCUT2D eigenvalue weighted by Crippen LogP contribution is -2.24. The molecule has 2 aromatic carbocycles. The number of furan rings is 1. The minimum absolute atomic E-state index is 0.0837. The Morgan fingerprint density at radius 3 is 2.47 bits per heavy atom. The van der Waals surface area contributed by atoms with Gasteiger partial charge in [0.2, 0.25) is 5.75 Å². The highest BCUT2D eigenvalue weighted by molar-refractivity contribution is 6.06. The third-order valence-electron chi connectivity index (χ3n) is 5.44. The molecular formula is C25H22FNO5. The topological polar surface area (TPSA) is 80.9 Å². The fourth-order valence-electron chi connectivity index (χ4n) is 3.81. The molecule has 1 aromatic heterocycles. The Labute approximate surface area is 184 Å². The largest absolute Gasteiger partial charge is 0.502 e. The summed E-state index contributed by atoms with van der Waals surface area (Å²) >= 11 is 0. The van der Waals surface area contributed by atoms with E-state index in [9.17, 15) is 14.3 Å². The van der Waals surface area contributed by atoms with Crippen molar-refractivity contribution in [3.63, 3.8) is 0 Å². The summed E-state index contributed by atoms with van der Waals surface area (Å²) in [6.07, 6.45) is 3.35. The van der Waals surface area contributed by atoms with Crippen molar-refractivity contribution < 1.29 is 28.2 Å². The molecule has 6 nitrogen and oxygen atoms in total. The standard InChI is InChI=1S/C25H22FNO5/c1-14-18(9-15-10-22(30-2)24(28)23(11-15)31-3)17-7-6-16(26)12-19(17)20(14)13-27-25(29)21-5-4-8-32-21/h4-12,28H,13H2,1-3H3,(H,27,29)/b18-9-. The van der Waals surface area contributed by atoms with Crippen LogP contribution in [0.15, 0.2) is 58.7 Å². The molecule has 0 radical (unpaired) electrons. The SMILES string of the molecule is COc1cc(/C=C2/C(C)=C(CNC(=O)c3ccco3)c3cc(F)ccc32)cc(OC)c1O. The molecule has 1 heterocycles. The Morgan fingerprint density at radius 1 is 1.12 bits per heavy atom. The number of aromatic hydroxyl groups is 1. The van der Waals surface area contributed by atoms with Crippen LogP contribution in [0.2, 0.25) is 0 Å². The molecule has 7 heteroatoms. The molecule has 0 unspecified atom stereocenters. The predicted molar refractivity (Wildman–Crippen MR) is 119 cm³/mol. The van der Waals surface area contributed by atoms with Crippen LogP contribution in [0.1, 0.15) is 34.2 Å². The molecule has 2 N–H and O–H groups in total. The number of amides is 1. The van der Waals surface area contributed by atoms with E-state index in [0.29, 0.717) is 5.56 Å². The van der Waals surface area contributed by atoms with Crippen molar-refractivity contribution in [2.24, 2.45) is 0 Å². The second-order valence-electron chi connectivity index (χ2n) is 7.29. The van der Waals surface area contributed by atoms with Crippen molar-refractivity contribution in [3.05, 3.63) is 82.6 Å². The summed E-state index contributed by atoms with van der Waals surface area (Å²) in [4.78, 5) is 12.3. The maximum Gasteiger partial charge on any atom is 0.287 e. The van der Waals surface area contributed by atoms with E-state index in [1.54, 1.807) is 30.3 Å². The summed E-state index contributed by atoms with van der Waals surface area (Å²) in [6.45, 7) is 2.13. The first-order chi connectivity index (χ1) is 15.4. The first-order valence-corrected chi connectivity index (χ1v) is 9.91. The molecule has 0 fully saturated rings. The van der Waals surface area contributed by atoms with Crippen molar-refractivity contribution in [3.8, 4) is 17.2 Å². The molecule has 164 valence electrons. The molecule has 0 spiro atoms. The smallest absolute Gasteiger partial charge is 0.287 e. The molecule has 0 atom stereocenters. The molecule has 0 bridgehead atoms. The Balaban J connectivity index is 1.75. The predicted octanol–water partition coefficient (Wildman–Crippen LogP) is 4.90. The highest BCUT2D eigenvalue weighted by Gasteiger charge is 2.25. The van der Waals surface area contributed by atoms with E-state index in [2.05, 4.69) is 5.32 Å². The fraction of sp³-hybridized carbons (Fsp3) is 0.160. The number of carbonyl (C=O) groups is 1. The fourth-order valence-corrected chi connectivity index (χ4v) is 3.81. The zero-order chi connectivity index (χ0) is 22.8. The number of ether oxygens (including phenoxy) is 2. The molecule has 0 aliphatic heterocycles. The number of methoxy groups -OCH3 is 2. The Morgan fingerprint density at radius 2 is 1.84 bits per heavy atom. The van der Waals surface area contributed by atoms with Gasteiger partial charge in [-0.2, -0.15) is 0 Å². The quantitative estimate of drug-likeness (QED) is 0.576.